The van der Waals surface area contributed by atoms with E-state index in [1.165, 1.54) is 23.3 Å². The van der Waals surface area contributed by atoms with E-state index in [0.29, 0.717) is 5.88 Å². The third-order valence-electron chi connectivity index (χ3n) is 3.43. The number of aromatic nitrogens is 2. The van der Waals surface area contributed by atoms with Gasteiger partial charge in [0.2, 0.25) is 5.88 Å². The number of rotatable bonds is 6. The van der Waals surface area contributed by atoms with Crippen molar-refractivity contribution < 1.29 is 4.74 Å². The molecule has 0 unspecified atom stereocenters. The van der Waals surface area contributed by atoms with Gasteiger partial charge in [-0.3, -0.25) is 0 Å². The van der Waals surface area contributed by atoms with E-state index < -0.39 is 0 Å². The molecule has 2 aromatic rings. The lowest BCUT2D eigenvalue weighted by Gasteiger charge is -2.00. The van der Waals surface area contributed by atoms with Crippen LogP contribution in [0.25, 0.3) is 0 Å². The molecule has 0 atom stereocenters. The Morgan fingerprint density at radius 3 is 2.90 bits per heavy atom. The largest absolute Gasteiger partial charge is 0.481 e. The van der Waals surface area contributed by atoms with E-state index in [1.807, 2.05) is 18.3 Å². The zero-order valence-electron chi connectivity index (χ0n) is 11.8. The van der Waals surface area contributed by atoms with Crippen LogP contribution in [0, 0.1) is 6.92 Å². The normalized spacial score (nSPS) is 14.5. The van der Waals surface area contributed by atoms with Gasteiger partial charge in [0, 0.05) is 36.1 Å². The SMILES string of the molecule is COc1ccc(Cc2nc(C)c(CNC3CC3)s2)cn1. The van der Waals surface area contributed by atoms with E-state index in [9.17, 15) is 0 Å². The van der Waals surface area contributed by atoms with Crippen LogP contribution in [0.1, 0.15) is 34.0 Å². The molecule has 1 aliphatic rings. The highest BCUT2D eigenvalue weighted by Crippen LogP contribution is 2.24. The fourth-order valence-electron chi connectivity index (χ4n) is 2.06. The first-order valence-electron chi connectivity index (χ1n) is 6.92. The summed E-state index contributed by atoms with van der Waals surface area (Å²) in [6, 6.07) is 4.68. The van der Waals surface area contributed by atoms with Gasteiger partial charge >= 0.3 is 0 Å². The standard InChI is InChI=1S/C15H19N3OS/c1-10-13(9-16-12-4-5-12)20-15(18-10)7-11-3-6-14(19-2)17-8-11/h3,6,8,12,16H,4-5,7,9H2,1-2H3. The molecule has 0 radical (unpaired) electrons. The molecule has 1 N–H and O–H groups in total. The van der Waals surface area contributed by atoms with Gasteiger partial charge in [-0.1, -0.05) is 6.07 Å². The minimum Gasteiger partial charge on any atom is -0.481 e. The first kappa shape index (κ1) is 13.5. The Labute approximate surface area is 123 Å². The molecule has 1 fully saturated rings. The third kappa shape index (κ3) is 3.35. The van der Waals surface area contributed by atoms with Crippen molar-refractivity contribution in [3.05, 3.63) is 39.5 Å². The molecule has 106 valence electrons. The molecule has 3 rings (SSSR count). The maximum absolute atomic E-state index is 5.07. The van der Waals surface area contributed by atoms with Crippen LogP contribution in [0.2, 0.25) is 0 Å². The van der Waals surface area contributed by atoms with E-state index in [-0.39, 0.29) is 0 Å². The van der Waals surface area contributed by atoms with Gasteiger partial charge in [-0.2, -0.15) is 0 Å². The number of hydrogen-bond donors (Lipinski definition) is 1. The topological polar surface area (TPSA) is 47.0 Å². The van der Waals surface area contributed by atoms with Crippen molar-refractivity contribution in [2.75, 3.05) is 7.11 Å². The second-order valence-electron chi connectivity index (χ2n) is 5.16. The number of nitrogens with one attached hydrogen (secondary N) is 1. The lowest BCUT2D eigenvalue weighted by Crippen LogP contribution is -2.14. The second kappa shape index (κ2) is 5.89. The monoisotopic (exact) mass is 289 g/mol. The average Bonchev–Trinajstić information content (AvgIpc) is 3.22. The first-order chi connectivity index (χ1) is 9.74. The molecule has 4 nitrogen and oxygen atoms in total. The first-order valence-corrected chi connectivity index (χ1v) is 7.73. The summed E-state index contributed by atoms with van der Waals surface area (Å²) >= 11 is 1.80. The maximum Gasteiger partial charge on any atom is 0.212 e. The van der Waals surface area contributed by atoms with Crippen LogP contribution in [0.3, 0.4) is 0 Å². The second-order valence-corrected chi connectivity index (χ2v) is 6.33. The van der Waals surface area contributed by atoms with Gasteiger partial charge in [-0.25, -0.2) is 9.97 Å². The molecular formula is C15H19N3OS. The summed E-state index contributed by atoms with van der Waals surface area (Å²) < 4.78 is 5.07. The van der Waals surface area contributed by atoms with Gasteiger partial charge in [-0.05, 0) is 25.3 Å². The summed E-state index contributed by atoms with van der Waals surface area (Å²) in [5.41, 5.74) is 2.32. The van der Waals surface area contributed by atoms with E-state index in [0.717, 1.165) is 29.7 Å². The lowest BCUT2D eigenvalue weighted by molar-refractivity contribution is 0.397. The Hall–Kier alpha value is -1.46. The summed E-state index contributed by atoms with van der Waals surface area (Å²) in [6.07, 6.45) is 5.34. The molecule has 1 aliphatic carbocycles. The average molecular weight is 289 g/mol. The van der Waals surface area contributed by atoms with Crippen molar-refractivity contribution in [1.82, 2.24) is 15.3 Å². The van der Waals surface area contributed by atoms with Crippen molar-refractivity contribution >= 4 is 11.3 Å². The van der Waals surface area contributed by atoms with Crippen LogP contribution >= 0.6 is 11.3 Å². The molecule has 0 amide bonds. The number of pyridine rings is 1. The molecule has 0 bridgehead atoms. The third-order valence-corrected chi connectivity index (χ3v) is 4.59. The van der Waals surface area contributed by atoms with Gasteiger partial charge in [-0.15, -0.1) is 11.3 Å². The summed E-state index contributed by atoms with van der Waals surface area (Å²) in [7, 11) is 1.63. The summed E-state index contributed by atoms with van der Waals surface area (Å²) in [6.45, 7) is 3.05. The Kier molecular flexibility index (Phi) is 3.98. The van der Waals surface area contributed by atoms with Crippen LogP contribution < -0.4 is 10.1 Å². The number of nitrogens with zero attached hydrogens (tertiary/aromatic N) is 2. The van der Waals surface area contributed by atoms with Gasteiger partial charge < -0.3 is 10.1 Å². The Bertz CT molecular complexity index is 575. The van der Waals surface area contributed by atoms with E-state index >= 15 is 0 Å². The van der Waals surface area contributed by atoms with Gasteiger partial charge in [0.15, 0.2) is 0 Å². The van der Waals surface area contributed by atoms with Crippen LogP contribution in [0.5, 0.6) is 5.88 Å². The molecule has 20 heavy (non-hydrogen) atoms. The fourth-order valence-corrected chi connectivity index (χ4v) is 3.12. The molecule has 0 spiro atoms. The van der Waals surface area contributed by atoms with Crippen molar-refractivity contribution in [3.8, 4) is 5.88 Å². The van der Waals surface area contributed by atoms with Crippen LogP contribution in [-0.2, 0) is 13.0 Å². The molecule has 0 saturated heterocycles. The number of hydrogen-bond acceptors (Lipinski definition) is 5. The van der Waals surface area contributed by atoms with Crippen molar-refractivity contribution in [3.63, 3.8) is 0 Å². The van der Waals surface area contributed by atoms with Crippen LogP contribution in [0.4, 0.5) is 0 Å². The zero-order valence-corrected chi connectivity index (χ0v) is 12.7. The predicted molar refractivity (Wildman–Crippen MR) is 80.3 cm³/mol. The van der Waals surface area contributed by atoms with Gasteiger partial charge in [0.1, 0.15) is 0 Å². The quantitative estimate of drug-likeness (QED) is 0.888. The summed E-state index contributed by atoms with van der Waals surface area (Å²) in [5, 5.41) is 4.70. The fraction of sp³-hybridized carbons (Fsp3) is 0.467. The number of ether oxygens (including phenoxy) is 1. The zero-order chi connectivity index (χ0) is 13.9. The molecular weight excluding hydrogens is 270 g/mol. The lowest BCUT2D eigenvalue weighted by atomic mass is 10.2. The van der Waals surface area contributed by atoms with Crippen molar-refractivity contribution in [2.24, 2.45) is 0 Å². The Balaban J connectivity index is 1.65. The highest BCUT2D eigenvalue weighted by molar-refractivity contribution is 7.11. The molecule has 2 aromatic heterocycles. The van der Waals surface area contributed by atoms with E-state index in [1.54, 1.807) is 18.4 Å². The number of aryl methyl sites for hydroxylation is 1. The molecule has 0 aliphatic heterocycles. The minimum atomic E-state index is 0.651. The molecule has 5 heteroatoms. The van der Waals surface area contributed by atoms with Crippen molar-refractivity contribution in [2.45, 2.75) is 38.8 Å². The van der Waals surface area contributed by atoms with Crippen LogP contribution in [0.15, 0.2) is 18.3 Å². The predicted octanol–water partition coefficient (Wildman–Crippen LogP) is 2.70. The highest BCUT2D eigenvalue weighted by Gasteiger charge is 2.21. The van der Waals surface area contributed by atoms with Gasteiger partial charge in [0.05, 0.1) is 17.8 Å². The van der Waals surface area contributed by atoms with E-state index in [2.05, 4.69) is 22.2 Å². The van der Waals surface area contributed by atoms with E-state index in [4.69, 9.17) is 4.74 Å². The maximum atomic E-state index is 5.07. The highest BCUT2D eigenvalue weighted by atomic mass is 32.1. The summed E-state index contributed by atoms with van der Waals surface area (Å²) in [5.74, 6) is 0.651. The van der Waals surface area contributed by atoms with Crippen LogP contribution in [-0.4, -0.2) is 23.1 Å². The number of thiazole rings is 1. The van der Waals surface area contributed by atoms with Gasteiger partial charge in [0.25, 0.3) is 0 Å². The van der Waals surface area contributed by atoms with Crippen molar-refractivity contribution in [1.29, 1.82) is 0 Å². The Morgan fingerprint density at radius 1 is 1.40 bits per heavy atom. The molecule has 0 aromatic carbocycles. The Morgan fingerprint density at radius 2 is 2.25 bits per heavy atom. The number of methoxy groups -OCH3 is 1. The molecule has 1 saturated carbocycles. The summed E-state index contributed by atoms with van der Waals surface area (Å²) in [4.78, 5) is 10.3. The smallest absolute Gasteiger partial charge is 0.212 e. The molecule has 2 heterocycles. The minimum absolute atomic E-state index is 0.651.